The molecule has 2 amide bonds. The Morgan fingerprint density at radius 1 is 1.21 bits per heavy atom. The fourth-order valence-electron chi connectivity index (χ4n) is 4.42. The minimum absolute atomic E-state index is 0.0614. The third-order valence-electron chi connectivity index (χ3n) is 6.75. The van der Waals surface area contributed by atoms with Crippen LogP contribution >= 0.6 is 11.3 Å². The molecular weight excluding hydrogens is 538 g/mol. The summed E-state index contributed by atoms with van der Waals surface area (Å²) in [7, 11) is -2.20. The van der Waals surface area contributed by atoms with Crippen molar-refractivity contribution >= 4 is 38.9 Å². The van der Waals surface area contributed by atoms with Crippen LogP contribution in [0.25, 0.3) is 0 Å². The summed E-state index contributed by atoms with van der Waals surface area (Å²) in [4.78, 5) is 27.8. The number of aliphatic hydroxyl groups is 1. The molecule has 0 saturated heterocycles. The average molecular weight is 572 g/mol. The van der Waals surface area contributed by atoms with E-state index in [1.165, 1.54) is 11.4 Å². The predicted molar refractivity (Wildman–Crippen MR) is 151 cm³/mol. The van der Waals surface area contributed by atoms with Gasteiger partial charge in [0.05, 0.1) is 31.2 Å². The molecule has 39 heavy (non-hydrogen) atoms. The molecule has 9 nitrogen and oxygen atoms in total. The van der Waals surface area contributed by atoms with Crippen molar-refractivity contribution in [3.8, 4) is 5.75 Å². The molecule has 1 aromatic heterocycles. The van der Waals surface area contributed by atoms with Crippen molar-refractivity contribution in [2.45, 2.75) is 36.6 Å². The highest BCUT2D eigenvalue weighted by Crippen LogP contribution is 2.31. The van der Waals surface area contributed by atoms with E-state index in [0.717, 1.165) is 16.9 Å². The monoisotopic (exact) mass is 571 g/mol. The third-order valence-corrected chi connectivity index (χ3v) is 9.95. The van der Waals surface area contributed by atoms with Gasteiger partial charge in [0.2, 0.25) is 5.91 Å². The quantitative estimate of drug-likeness (QED) is 0.406. The van der Waals surface area contributed by atoms with Gasteiger partial charge in [0.15, 0.2) is 0 Å². The maximum Gasteiger partial charge on any atom is 0.258 e. The topological polar surface area (TPSA) is 116 Å². The summed E-state index contributed by atoms with van der Waals surface area (Å²) < 4.78 is 33.9. The molecule has 0 fully saturated rings. The highest BCUT2D eigenvalue weighted by atomic mass is 32.2. The molecule has 2 aromatic carbocycles. The Labute approximate surface area is 233 Å². The van der Waals surface area contributed by atoms with Crippen LogP contribution in [-0.4, -0.2) is 73.4 Å². The van der Waals surface area contributed by atoms with Crippen LogP contribution < -0.4 is 10.1 Å². The second-order valence-corrected chi connectivity index (χ2v) is 13.0. The number of nitrogens with one attached hydrogen (secondary N) is 1. The molecule has 0 radical (unpaired) electrons. The zero-order valence-electron chi connectivity index (χ0n) is 22.1. The van der Waals surface area contributed by atoms with Gasteiger partial charge in [-0.1, -0.05) is 43.3 Å². The van der Waals surface area contributed by atoms with Gasteiger partial charge in [-0.25, -0.2) is 8.42 Å². The van der Waals surface area contributed by atoms with Gasteiger partial charge in [0.25, 0.3) is 15.9 Å². The molecule has 0 aliphatic carbocycles. The summed E-state index contributed by atoms with van der Waals surface area (Å²) in [5, 5.41) is 14.4. The first-order valence-electron chi connectivity index (χ1n) is 12.7. The molecule has 208 valence electrons. The van der Waals surface area contributed by atoms with Gasteiger partial charge < -0.3 is 20.1 Å². The number of likely N-dealkylation sites (N-methyl/N-ethyl adjacent to an activating group) is 1. The fourth-order valence-corrected chi connectivity index (χ4v) is 6.80. The molecule has 3 aromatic rings. The van der Waals surface area contributed by atoms with Crippen LogP contribution in [0.5, 0.6) is 5.75 Å². The maximum absolute atomic E-state index is 13.6. The molecule has 2 N–H and O–H groups in total. The number of hydrogen-bond acceptors (Lipinski definition) is 7. The number of carbonyl (C=O) groups excluding carboxylic acids is 2. The Morgan fingerprint density at radius 3 is 2.62 bits per heavy atom. The molecule has 1 aliphatic rings. The van der Waals surface area contributed by atoms with Crippen LogP contribution in [0, 0.1) is 5.92 Å². The summed E-state index contributed by atoms with van der Waals surface area (Å²) in [6, 6.07) is 16.9. The lowest BCUT2D eigenvalue weighted by atomic mass is 9.99. The standard InChI is InChI=1S/C28H33N3O6S2/c1-19-16-31(20(2)18-32)28(34)23-15-22(29-26(33)14-21-8-5-4-6-9-21)11-12-24(23)37-25(19)17-30(3)39(35,36)27-10-7-13-38-27/h4-13,15,19-20,25,32H,14,16-18H2,1-3H3,(H,29,33)/t19-,20-,25+/m0/s1. The third kappa shape index (κ3) is 6.67. The van der Waals surface area contributed by atoms with Gasteiger partial charge in [-0.2, -0.15) is 4.31 Å². The highest BCUT2D eigenvalue weighted by Gasteiger charge is 2.35. The number of thiophene rings is 1. The normalized spacial score (nSPS) is 18.6. The zero-order valence-corrected chi connectivity index (χ0v) is 23.7. The van der Waals surface area contributed by atoms with Gasteiger partial charge in [-0.15, -0.1) is 11.3 Å². The lowest BCUT2D eigenvalue weighted by molar-refractivity contribution is -0.115. The summed E-state index contributed by atoms with van der Waals surface area (Å²) in [5.41, 5.74) is 1.53. The predicted octanol–water partition coefficient (Wildman–Crippen LogP) is 3.47. The fraction of sp³-hybridized carbons (Fsp3) is 0.357. The molecule has 4 rings (SSSR count). The smallest absolute Gasteiger partial charge is 0.258 e. The lowest BCUT2D eigenvalue weighted by Crippen LogP contribution is -2.50. The van der Waals surface area contributed by atoms with Crippen LogP contribution in [0.3, 0.4) is 0 Å². The number of rotatable bonds is 9. The Hall–Kier alpha value is -3.25. The van der Waals surface area contributed by atoms with E-state index in [-0.39, 0.29) is 59.4 Å². The number of hydrogen-bond donors (Lipinski definition) is 2. The second-order valence-electron chi connectivity index (χ2n) is 9.76. The van der Waals surface area contributed by atoms with Crippen molar-refractivity contribution in [2.24, 2.45) is 5.92 Å². The van der Waals surface area contributed by atoms with Crippen LogP contribution in [-0.2, 0) is 21.2 Å². The van der Waals surface area contributed by atoms with Gasteiger partial charge in [0.1, 0.15) is 16.1 Å². The highest BCUT2D eigenvalue weighted by molar-refractivity contribution is 7.91. The van der Waals surface area contributed by atoms with Gasteiger partial charge >= 0.3 is 0 Å². The van der Waals surface area contributed by atoms with E-state index in [9.17, 15) is 23.1 Å². The number of amides is 2. The number of anilines is 1. The van der Waals surface area contributed by atoms with Crippen molar-refractivity contribution in [1.29, 1.82) is 0 Å². The lowest BCUT2D eigenvalue weighted by Gasteiger charge is -2.38. The van der Waals surface area contributed by atoms with Crippen molar-refractivity contribution < 1.29 is 27.9 Å². The minimum Gasteiger partial charge on any atom is -0.488 e. The van der Waals surface area contributed by atoms with Crippen molar-refractivity contribution in [2.75, 3.05) is 32.1 Å². The van der Waals surface area contributed by atoms with Crippen LogP contribution in [0.15, 0.2) is 70.3 Å². The van der Waals surface area contributed by atoms with Gasteiger partial charge in [-0.3, -0.25) is 9.59 Å². The number of fused-ring (bicyclic) bond motifs is 1. The Balaban J connectivity index is 1.61. The Morgan fingerprint density at radius 2 is 1.95 bits per heavy atom. The van der Waals surface area contributed by atoms with E-state index in [4.69, 9.17) is 4.74 Å². The molecule has 1 aliphatic heterocycles. The average Bonchev–Trinajstić information content (AvgIpc) is 3.47. The number of sulfonamides is 1. The van der Waals surface area contributed by atoms with E-state index in [1.807, 2.05) is 37.3 Å². The SMILES string of the molecule is C[C@H]1CN([C@@H](C)CO)C(=O)c2cc(NC(=O)Cc3ccccc3)ccc2O[C@@H]1CN(C)S(=O)(=O)c1cccs1. The number of nitrogens with zero attached hydrogens (tertiary/aromatic N) is 2. The van der Waals surface area contributed by atoms with E-state index in [2.05, 4.69) is 5.32 Å². The number of carbonyl (C=O) groups is 2. The molecule has 0 unspecified atom stereocenters. The van der Waals surface area contributed by atoms with Crippen molar-refractivity contribution in [3.63, 3.8) is 0 Å². The molecular formula is C28H33N3O6S2. The zero-order chi connectivity index (χ0) is 28.2. The van der Waals surface area contributed by atoms with Crippen molar-refractivity contribution in [1.82, 2.24) is 9.21 Å². The van der Waals surface area contributed by atoms with Crippen LogP contribution in [0.4, 0.5) is 5.69 Å². The molecule has 0 saturated carbocycles. The molecule has 3 atom stereocenters. The molecule has 11 heteroatoms. The van der Waals surface area contributed by atoms with E-state index in [0.29, 0.717) is 5.69 Å². The van der Waals surface area contributed by atoms with Crippen LogP contribution in [0.1, 0.15) is 29.8 Å². The summed E-state index contributed by atoms with van der Waals surface area (Å²) in [6.45, 7) is 3.72. The Kier molecular flexibility index (Phi) is 9.06. The Bertz CT molecular complexity index is 1400. The maximum atomic E-state index is 13.6. The second kappa shape index (κ2) is 12.3. The summed E-state index contributed by atoms with van der Waals surface area (Å²) in [5.74, 6) is -0.527. The first kappa shape index (κ1) is 28.8. The number of benzene rings is 2. The number of aliphatic hydroxyl groups excluding tert-OH is 1. The van der Waals surface area contributed by atoms with Crippen LogP contribution in [0.2, 0.25) is 0 Å². The van der Waals surface area contributed by atoms with Gasteiger partial charge in [0, 0.05) is 25.2 Å². The van der Waals surface area contributed by atoms with E-state index >= 15 is 0 Å². The van der Waals surface area contributed by atoms with E-state index < -0.39 is 22.2 Å². The van der Waals surface area contributed by atoms with E-state index in [1.54, 1.807) is 47.5 Å². The minimum atomic E-state index is -3.70. The molecule has 0 bridgehead atoms. The number of ether oxygens (including phenoxy) is 1. The molecule has 2 heterocycles. The summed E-state index contributed by atoms with van der Waals surface area (Å²) in [6.07, 6.45) is -0.399. The first-order valence-corrected chi connectivity index (χ1v) is 15.0. The first-order chi connectivity index (χ1) is 18.6. The largest absolute Gasteiger partial charge is 0.488 e. The summed E-state index contributed by atoms with van der Waals surface area (Å²) >= 11 is 1.15. The molecule has 0 spiro atoms. The van der Waals surface area contributed by atoms with Gasteiger partial charge in [-0.05, 0) is 42.1 Å². The van der Waals surface area contributed by atoms with Crippen molar-refractivity contribution in [3.05, 3.63) is 77.2 Å².